The fourth-order valence-electron chi connectivity index (χ4n) is 3.42. The summed E-state index contributed by atoms with van der Waals surface area (Å²) in [5.74, 6) is 0. The number of urea groups is 2. The molecule has 26 heavy (non-hydrogen) atoms. The van der Waals surface area contributed by atoms with Gasteiger partial charge in [-0.05, 0) is 24.5 Å². The number of amides is 4. The zero-order valence-corrected chi connectivity index (χ0v) is 14.2. The van der Waals surface area contributed by atoms with E-state index < -0.39 is 18.6 Å². The molecule has 0 spiro atoms. The van der Waals surface area contributed by atoms with Gasteiger partial charge in [0.05, 0.1) is 6.42 Å². The number of hydrogen-bond acceptors (Lipinski definition) is 2. The van der Waals surface area contributed by atoms with E-state index in [0.717, 1.165) is 0 Å². The number of rotatable bonds is 3. The van der Waals surface area contributed by atoms with Crippen LogP contribution in [0.25, 0.3) is 0 Å². The fourth-order valence-corrected chi connectivity index (χ4v) is 3.42. The van der Waals surface area contributed by atoms with Crippen molar-refractivity contribution in [1.82, 2.24) is 15.1 Å². The molecule has 0 saturated carbocycles. The molecule has 142 valence electrons. The lowest BCUT2D eigenvalue weighted by Crippen LogP contribution is -2.48. The summed E-state index contributed by atoms with van der Waals surface area (Å²) in [5, 5.41) is 5.35. The molecule has 3 rings (SSSR count). The third-order valence-corrected chi connectivity index (χ3v) is 4.73. The number of nitrogens with one attached hydrogen (secondary N) is 2. The maximum Gasteiger partial charge on any atom is 0.393 e. The number of para-hydroxylation sites is 1. The molecule has 2 saturated heterocycles. The number of likely N-dealkylation sites (tertiary alicyclic amines) is 1. The summed E-state index contributed by atoms with van der Waals surface area (Å²) < 4.78 is 38.0. The molecule has 0 bridgehead atoms. The molecule has 0 unspecified atom stereocenters. The molecular formula is C17H21F3N4O2. The molecule has 0 radical (unpaired) electrons. The average Bonchev–Trinajstić information content (AvgIpc) is 3.01. The second kappa shape index (κ2) is 7.43. The van der Waals surface area contributed by atoms with E-state index in [2.05, 4.69) is 10.6 Å². The minimum atomic E-state index is -4.34. The normalized spacial score (nSPS) is 18.8. The van der Waals surface area contributed by atoms with Crippen molar-refractivity contribution in [3.63, 3.8) is 0 Å². The maximum atomic E-state index is 12.7. The van der Waals surface area contributed by atoms with Gasteiger partial charge in [0.15, 0.2) is 0 Å². The largest absolute Gasteiger partial charge is 0.393 e. The highest BCUT2D eigenvalue weighted by Gasteiger charge is 2.32. The monoisotopic (exact) mass is 370 g/mol. The highest BCUT2D eigenvalue weighted by molar-refractivity contribution is 5.90. The molecule has 9 heteroatoms. The Morgan fingerprint density at radius 2 is 1.88 bits per heavy atom. The van der Waals surface area contributed by atoms with Crippen LogP contribution in [0.2, 0.25) is 0 Å². The van der Waals surface area contributed by atoms with Gasteiger partial charge in [0.1, 0.15) is 0 Å². The number of carbonyl (C=O) groups is 2. The van der Waals surface area contributed by atoms with Gasteiger partial charge in [-0.15, -0.1) is 0 Å². The number of nitrogens with zero attached hydrogens (tertiary/aromatic N) is 2. The number of alkyl halides is 3. The van der Waals surface area contributed by atoms with Crippen molar-refractivity contribution >= 4 is 17.7 Å². The number of anilines is 1. The van der Waals surface area contributed by atoms with E-state index in [4.69, 9.17) is 0 Å². The average molecular weight is 370 g/mol. The Bertz CT molecular complexity index is 672. The number of benzene rings is 1. The Labute approximate surface area is 149 Å². The maximum absolute atomic E-state index is 12.7. The van der Waals surface area contributed by atoms with Gasteiger partial charge in [0.25, 0.3) is 0 Å². The second-order valence-corrected chi connectivity index (χ2v) is 6.52. The van der Waals surface area contributed by atoms with E-state index in [1.54, 1.807) is 15.9 Å². The zero-order valence-electron chi connectivity index (χ0n) is 14.2. The third kappa shape index (κ3) is 4.39. The lowest BCUT2D eigenvalue weighted by molar-refractivity contribution is -0.127. The van der Waals surface area contributed by atoms with E-state index in [0.29, 0.717) is 39.0 Å². The summed E-state index contributed by atoms with van der Waals surface area (Å²) in [4.78, 5) is 27.5. The van der Waals surface area contributed by atoms with Crippen LogP contribution in [0, 0.1) is 0 Å². The number of piperidine rings is 1. The summed E-state index contributed by atoms with van der Waals surface area (Å²) in [6, 6.07) is 5.55. The van der Waals surface area contributed by atoms with Crippen LogP contribution >= 0.6 is 0 Å². The van der Waals surface area contributed by atoms with Crippen LogP contribution in [-0.2, 0) is 6.42 Å². The van der Waals surface area contributed by atoms with Gasteiger partial charge in [-0.1, -0.05) is 18.2 Å². The summed E-state index contributed by atoms with van der Waals surface area (Å²) in [5.41, 5.74) is 0.216. The van der Waals surface area contributed by atoms with E-state index in [1.165, 1.54) is 18.2 Å². The van der Waals surface area contributed by atoms with Crippen molar-refractivity contribution in [3.05, 3.63) is 29.8 Å². The first-order valence-corrected chi connectivity index (χ1v) is 8.58. The molecule has 4 amide bonds. The van der Waals surface area contributed by atoms with Gasteiger partial charge >= 0.3 is 18.2 Å². The first kappa shape index (κ1) is 18.3. The SMILES string of the molecule is O=C(Nc1ccccc1CC(F)(F)F)N1CCC(N2CCNC2=O)CC1. The molecule has 2 aliphatic heterocycles. The number of hydrogen-bond donors (Lipinski definition) is 2. The summed E-state index contributed by atoms with van der Waals surface area (Å²) in [6.07, 6.45) is -4.11. The quantitative estimate of drug-likeness (QED) is 0.859. The molecule has 2 aliphatic rings. The highest BCUT2D eigenvalue weighted by Crippen LogP contribution is 2.26. The first-order valence-electron chi connectivity index (χ1n) is 8.58. The van der Waals surface area contributed by atoms with E-state index in [9.17, 15) is 22.8 Å². The molecule has 2 heterocycles. The summed E-state index contributed by atoms with van der Waals surface area (Å²) in [7, 11) is 0. The van der Waals surface area contributed by atoms with Gasteiger partial charge in [0.2, 0.25) is 0 Å². The molecule has 0 aromatic heterocycles. The van der Waals surface area contributed by atoms with Gasteiger partial charge < -0.3 is 20.4 Å². The molecule has 0 aliphatic carbocycles. The standard InChI is InChI=1S/C17H21F3N4O2/c18-17(19,20)11-12-3-1-2-4-14(12)22-16(26)23-8-5-13(6-9-23)24-10-7-21-15(24)25/h1-4,13H,5-11H2,(H,21,25)(H,22,26). The van der Waals surface area contributed by atoms with Gasteiger partial charge in [-0.25, -0.2) is 9.59 Å². The predicted octanol–water partition coefficient (Wildman–Crippen LogP) is 2.81. The Morgan fingerprint density at radius 3 is 2.50 bits per heavy atom. The van der Waals surface area contributed by atoms with Gasteiger partial charge in [-0.3, -0.25) is 0 Å². The fraction of sp³-hybridized carbons (Fsp3) is 0.529. The lowest BCUT2D eigenvalue weighted by atomic mass is 10.0. The third-order valence-electron chi connectivity index (χ3n) is 4.73. The summed E-state index contributed by atoms with van der Waals surface area (Å²) in [6.45, 7) is 2.22. The molecule has 2 fully saturated rings. The second-order valence-electron chi connectivity index (χ2n) is 6.52. The molecule has 6 nitrogen and oxygen atoms in total. The topological polar surface area (TPSA) is 64.7 Å². The Balaban J connectivity index is 1.57. The number of carbonyl (C=O) groups excluding carboxylic acids is 2. The van der Waals surface area contributed by atoms with Crippen molar-refractivity contribution in [1.29, 1.82) is 0 Å². The van der Waals surface area contributed by atoms with Crippen molar-refractivity contribution in [3.8, 4) is 0 Å². The highest BCUT2D eigenvalue weighted by atomic mass is 19.4. The molecular weight excluding hydrogens is 349 g/mol. The molecule has 2 N–H and O–H groups in total. The van der Waals surface area contributed by atoms with Crippen LogP contribution in [0.5, 0.6) is 0 Å². The van der Waals surface area contributed by atoms with Crippen LogP contribution in [0.3, 0.4) is 0 Å². The summed E-state index contributed by atoms with van der Waals surface area (Å²) >= 11 is 0. The number of halogens is 3. The van der Waals surface area contributed by atoms with E-state index in [-0.39, 0.29) is 23.3 Å². The molecule has 1 aromatic carbocycles. The van der Waals surface area contributed by atoms with Crippen LogP contribution < -0.4 is 10.6 Å². The van der Waals surface area contributed by atoms with Crippen molar-refractivity contribution in [2.75, 3.05) is 31.5 Å². The predicted molar refractivity (Wildman–Crippen MR) is 89.9 cm³/mol. The van der Waals surface area contributed by atoms with Gasteiger partial charge in [0, 0.05) is 37.9 Å². The van der Waals surface area contributed by atoms with Crippen LogP contribution in [-0.4, -0.2) is 60.3 Å². The minimum Gasteiger partial charge on any atom is -0.336 e. The van der Waals surface area contributed by atoms with Crippen molar-refractivity contribution in [2.45, 2.75) is 31.5 Å². The smallest absolute Gasteiger partial charge is 0.336 e. The Morgan fingerprint density at radius 1 is 1.19 bits per heavy atom. The van der Waals surface area contributed by atoms with E-state index in [1.807, 2.05) is 0 Å². The zero-order chi connectivity index (χ0) is 18.7. The first-order chi connectivity index (χ1) is 12.3. The van der Waals surface area contributed by atoms with Crippen LogP contribution in [0.15, 0.2) is 24.3 Å². The molecule has 1 aromatic rings. The Kier molecular flexibility index (Phi) is 5.24. The lowest BCUT2D eigenvalue weighted by Gasteiger charge is -2.36. The van der Waals surface area contributed by atoms with Gasteiger partial charge in [-0.2, -0.15) is 13.2 Å². The Hall–Kier alpha value is -2.45. The van der Waals surface area contributed by atoms with Crippen LogP contribution in [0.4, 0.5) is 28.4 Å². The van der Waals surface area contributed by atoms with Crippen molar-refractivity contribution in [2.24, 2.45) is 0 Å². The van der Waals surface area contributed by atoms with E-state index >= 15 is 0 Å². The minimum absolute atomic E-state index is 0.0389. The van der Waals surface area contributed by atoms with Crippen LogP contribution in [0.1, 0.15) is 18.4 Å². The molecule has 0 atom stereocenters. The van der Waals surface area contributed by atoms with Crippen molar-refractivity contribution < 1.29 is 22.8 Å².